The van der Waals surface area contributed by atoms with Crippen LogP contribution in [0.5, 0.6) is 5.75 Å². The van der Waals surface area contributed by atoms with Gasteiger partial charge in [-0.2, -0.15) is 0 Å². The summed E-state index contributed by atoms with van der Waals surface area (Å²) in [6.45, 7) is 5.66. The van der Waals surface area contributed by atoms with Crippen molar-refractivity contribution >= 4 is 12.0 Å². The Labute approximate surface area is 154 Å². The van der Waals surface area contributed by atoms with Crippen LogP contribution >= 0.6 is 0 Å². The van der Waals surface area contributed by atoms with Gasteiger partial charge in [0.05, 0.1) is 13.7 Å². The monoisotopic (exact) mass is 357 g/mol. The Bertz CT molecular complexity index is 728. The Morgan fingerprint density at radius 2 is 2.04 bits per heavy atom. The van der Waals surface area contributed by atoms with Gasteiger partial charge in [-0.3, -0.25) is 5.32 Å². The molecule has 1 saturated heterocycles. The molecule has 1 aliphatic rings. The molecule has 2 heterocycles. The highest BCUT2D eigenvalue weighted by atomic mass is 16.5. The van der Waals surface area contributed by atoms with Gasteiger partial charge in [-0.05, 0) is 43.4 Å². The fourth-order valence-electron chi connectivity index (χ4n) is 3.32. The second-order valence-electron chi connectivity index (χ2n) is 7.08. The second kappa shape index (κ2) is 8.21. The van der Waals surface area contributed by atoms with E-state index in [9.17, 15) is 4.79 Å². The number of ether oxygens (including phenoxy) is 1. The zero-order valence-corrected chi connectivity index (χ0v) is 15.7. The lowest BCUT2D eigenvalue weighted by molar-refractivity contribution is 0.187. The Morgan fingerprint density at radius 1 is 1.27 bits per heavy atom. The summed E-state index contributed by atoms with van der Waals surface area (Å²) in [6.07, 6.45) is 5.01. The number of carbonyl (C=O) groups excluding carboxylic acids is 1. The first-order chi connectivity index (χ1) is 12.5. The van der Waals surface area contributed by atoms with E-state index in [2.05, 4.69) is 29.2 Å². The summed E-state index contributed by atoms with van der Waals surface area (Å²) in [6, 6.07) is 7.92. The fraction of sp³-hybridized carbons (Fsp3) is 0.526. The van der Waals surface area contributed by atoms with E-state index in [1.165, 1.54) is 12.8 Å². The van der Waals surface area contributed by atoms with Crippen molar-refractivity contribution < 1.29 is 9.53 Å². The van der Waals surface area contributed by atoms with E-state index in [-0.39, 0.29) is 12.1 Å². The summed E-state index contributed by atoms with van der Waals surface area (Å²) in [5.41, 5.74) is 1.09. The van der Waals surface area contributed by atoms with Crippen molar-refractivity contribution in [3.8, 4) is 5.75 Å². The maximum Gasteiger partial charge on any atom is 0.324 e. The van der Waals surface area contributed by atoms with Gasteiger partial charge >= 0.3 is 6.03 Å². The lowest BCUT2D eigenvalue weighted by Crippen LogP contribution is -2.42. The standard InChI is InChI=1S/C19H27N5O2/c1-14-5-4-6-15(2)24(11-14)19(25)21-18-20-13-23(22-18)12-16-7-9-17(26-3)10-8-16/h7-10,13-15H,4-6,11-12H2,1-3H3,(H,21,22,25). The van der Waals surface area contributed by atoms with Crippen molar-refractivity contribution in [1.29, 1.82) is 0 Å². The molecule has 3 rings (SSSR count). The highest BCUT2D eigenvalue weighted by Crippen LogP contribution is 2.21. The van der Waals surface area contributed by atoms with Crippen LogP contribution in [0.4, 0.5) is 10.7 Å². The fourth-order valence-corrected chi connectivity index (χ4v) is 3.32. The molecule has 1 fully saturated rings. The number of urea groups is 1. The molecule has 2 unspecified atom stereocenters. The average Bonchev–Trinajstić information content (AvgIpc) is 2.98. The van der Waals surface area contributed by atoms with E-state index >= 15 is 0 Å². The van der Waals surface area contributed by atoms with Crippen LogP contribution in [0.3, 0.4) is 0 Å². The molecule has 1 N–H and O–H groups in total. The number of aromatic nitrogens is 3. The molecule has 0 bridgehead atoms. The molecule has 2 atom stereocenters. The van der Waals surface area contributed by atoms with Gasteiger partial charge in [0.25, 0.3) is 0 Å². The Balaban J connectivity index is 1.61. The van der Waals surface area contributed by atoms with Gasteiger partial charge in [-0.1, -0.05) is 25.5 Å². The van der Waals surface area contributed by atoms with Gasteiger partial charge < -0.3 is 9.64 Å². The quantitative estimate of drug-likeness (QED) is 0.910. The van der Waals surface area contributed by atoms with Crippen LogP contribution in [0.1, 0.15) is 38.7 Å². The lowest BCUT2D eigenvalue weighted by Gasteiger charge is -2.28. The van der Waals surface area contributed by atoms with Crippen LogP contribution in [-0.4, -0.2) is 45.4 Å². The average molecular weight is 357 g/mol. The van der Waals surface area contributed by atoms with Gasteiger partial charge in [0.2, 0.25) is 5.95 Å². The molecule has 0 saturated carbocycles. The van der Waals surface area contributed by atoms with Crippen LogP contribution in [0.25, 0.3) is 0 Å². The Kier molecular flexibility index (Phi) is 5.75. The summed E-state index contributed by atoms with van der Waals surface area (Å²) in [5.74, 6) is 1.68. The van der Waals surface area contributed by atoms with Crippen molar-refractivity contribution in [2.24, 2.45) is 5.92 Å². The second-order valence-corrected chi connectivity index (χ2v) is 7.08. The first-order valence-corrected chi connectivity index (χ1v) is 9.15. The molecule has 1 aromatic carbocycles. The van der Waals surface area contributed by atoms with Crippen molar-refractivity contribution in [2.45, 2.75) is 45.7 Å². The minimum atomic E-state index is -0.117. The number of nitrogens with zero attached hydrogens (tertiary/aromatic N) is 4. The van der Waals surface area contributed by atoms with E-state index in [0.29, 0.717) is 18.4 Å². The number of hydrogen-bond acceptors (Lipinski definition) is 4. The third-order valence-electron chi connectivity index (χ3n) is 4.88. The molecule has 1 aliphatic heterocycles. The van der Waals surface area contributed by atoms with Gasteiger partial charge in [-0.25, -0.2) is 14.5 Å². The molecule has 0 aliphatic carbocycles. The first-order valence-electron chi connectivity index (χ1n) is 9.15. The SMILES string of the molecule is COc1ccc(Cn2cnc(NC(=O)N3CC(C)CCCC3C)n2)cc1. The van der Waals surface area contributed by atoms with Gasteiger partial charge in [0, 0.05) is 12.6 Å². The van der Waals surface area contributed by atoms with Gasteiger partial charge in [0.15, 0.2) is 0 Å². The summed E-state index contributed by atoms with van der Waals surface area (Å²) in [5, 5.41) is 7.20. The maximum absolute atomic E-state index is 12.6. The number of methoxy groups -OCH3 is 1. The number of rotatable bonds is 4. The Morgan fingerprint density at radius 3 is 2.77 bits per heavy atom. The molecule has 2 aromatic rings. The summed E-state index contributed by atoms with van der Waals surface area (Å²) < 4.78 is 6.88. The van der Waals surface area contributed by atoms with Crippen LogP contribution in [-0.2, 0) is 6.54 Å². The predicted octanol–water partition coefficient (Wildman–Crippen LogP) is 3.38. The van der Waals surface area contributed by atoms with Crippen LogP contribution in [0, 0.1) is 5.92 Å². The molecule has 7 heteroatoms. The largest absolute Gasteiger partial charge is 0.497 e. The smallest absolute Gasteiger partial charge is 0.324 e. The minimum Gasteiger partial charge on any atom is -0.497 e. The van der Waals surface area contributed by atoms with Crippen molar-refractivity contribution in [2.75, 3.05) is 19.0 Å². The van der Waals surface area contributed by atoms with Crippen molar-refractivity contribution in [3.63, 3.8) is 0 Å². The van der Waals surface area contributed by atoms with E-state index < -0.39 is 0 Å². The summed E-state index contributed by atoms with van der Waals surface area (Å²) >= 11 is 0. The van der Waals surface area contributed by atoms with E-state index in [4.69, 9.17) is 4.74 Å². The number of anilines is 1. The number of benzene rings is 1. The van der Waals surface area contributed by atoms with Crippen molar-refractivity contribution in [1.82, 2.24) is 19.7 Å². The van der Waals surface area contributed by atoms with Crippen LogP contribution < -0.4 is 10.1 Å². The van der Waals surface area contributed by atoms with Gasteiger partial charge in [0.1, 0.15) is 12.1 Å². The van der Waals surface area contributed by atoms with E-state index in [1.807, 2.05) is 29.2 Å². The third-order valence-corrected chi connectivity index (χ3v) is 4.88. The normalized spacial score (nSPS) is 20.5. The zero-order chi connectivity index (χ0) is 18.5. The highest BCUT2D eigenvalue weighted by Gasteiger charge is 2.25. The molecule has 0 spiro atoms. The number of carbonyl (C=O) groups is 1. The van der Waals surface area contributed by atoms with E-state index in [1.54, 1.807) is 18.1 Å². The summed E-state index contributed by atoms with van der Waals surface area (Å²) in [4.78, 5) is 18.7. The molecule has 1 aromatic heterocycles. The van der Waals surface area contributed by atoms with Crippen LogP contribution in [0.2, 0.25) is 0 Å². The zero-order valence-electron chi connectivity index (χ0n) is 15.7. The van der Waals surface area contributed by atoms with Gasteiger partial charge in [-0.15, -0.1) is 5.10 Å². The number of hydrogen-bond donors (Lipinski definition) is 1. The van der Waals surface area contributed by atoms with E-state index in [0.717, 1.165) is 24.3 Å². The topological polar surface area (TPSA) is 72.3 Å². The molecular formula is C19H27N5O2. The number of nitrogens with one attached hydrogen (secondary N) is 1. The minimum absolute atomic E-state index is 0.117. The molecule has 7 nitrogen and oxygen atoms in total. The van der Waals surface area contributed by atoms with Crippen LogP contribution in [0.15, 0.2) is 30.6 Å². The molecule has 26 heavy (non-hydrogen) atoms. The third kappa shape index (κ3) is 4.53. The number of amides is 2. The number of likely N-dealkylation sites (tertiary alicyclic amines) is 1. The molecule has 2 amide bonds. The first kappa shape index (κ1) is 18.2. The molecule has 140 valence electrons. The van der Waals surface area contributed by atoms with Crippen molar-refractivity contribution in [3.05, 3.63) is 36.2 Å². The lowest BCUT2D eigenvalue weighted by atomic mass is 10.1. The molecular weight excluding hydrogens is 330 g/mol. The summed E-state index contributed by atoms with van der Waals surface area (Å²) in [7, 11) is 1.65. The predicted molar refractivity (Wildman–Crippen MR) is 100 cm³/mol. The maximum atomic E-state index is 12.6. The Hall–Kier alpha value is -2.57. The molecule has 0 radical (unpaired) electrons. The highest BCUT2D eigenvalue weighted by molar-refractivity contribution is 5.87.